The molecule has 0 unspecified atom stereocenters. The maximum Gasteiger partial charge on any atom is 0.0422 e. The van der Waals surface area contributed by atoms with Crippen molar-refractivity contribution in [1.82, 2.24) is 0 Å². The van der Waals surface area contributed by atoms with Crippen molar-refractivity contribution in [2.24, 2.45) is 0 Å². The van der Waals surface area contributed by atoms with Gasteiger partial charge in [0.15, 0.2) is 0 Å². The molecule has 2 nitrogen and oxygen atoms in total. The maximum atomic E-state index is 3.76. The number of hydrogen-bond donors (Lipinski definition) is 2. The van der Waals surface area contributed by atoms with E-state index in [9.17, 15) is 0 Å². The average molecular weight is 383 g/mol. The molecule has 156 valence electrons. The highest BCUT2D eigenvalue weighted by Gasteiger charge is 2.09. The summed E-state index contributed by atoms with van der Waals surface area (Å²) in [6, 6.07) is 14.3. The van der Waals surface area contributed by atoms with E-state index in [4.69, 9.17) is 0 Å². The van der Waals surface area contributed by atoms with E-state index in [1.807, 2.05) is 0 Å². The Labute approximate surface area is 173 Å². The molecule has 0 aliphatic carbocycles. The minimum atomic E-state index is 0.511. The fourth-order valence-electron chi connectivity index (χ4n) is 3.99. The van der Waals surface area contributed by atoms with Crippen LogP contribution in [0.15, 0.2) is 36.4 Å². The van der Waals surface area contributed by atoms with E-state index in [-0.39, 0.29) is 0 Å². The third-order valence-corrected chi connectivity index (χ3v) is 5.71. The van der Waals surface area contributed by atoms with E-state index in [0.717, 1.165) is 0 Å². The molecule has 0 aromatic heterocycles. The summed E-state index contributed by atoms with van der Waals surface area (Å²) >= 11 is 0. The molecule has 28 heavy (non-hydrogen) atoms. The molecule has 2 aromatic carbocycles. The Morgan fingerprint density at radius 3 is 1.43 bits per heavy atom. The minimum Gasteiger partial charge on any atom is -0.382 e. The van der Waals surface area contributed by atoms with Crippen LogP contribution in [0.3, 0.4) is 0 Å². The first-order valence-electron chi connectivity index (χ1n) is 11.7. The topological polar surface area (TPSA) is 24.1 Å². The second-order valence-corrected chi connectivity index (χ2v) is 8.50. The molecule has 0 bridgehead atoms. The van der Waals surface area contributed by atoms with Crippen molar-refractivity contribution in [3.63, 3.8) is 0 Å². The van der Waals surface area contributed by atoms with Crippen molar-refractivity contribution in [3.8, 4) is 0 Å². The van der Waals surface area contributed by atoms with Gasteiger partial charge in [-0.15, -0.1) is 0 Å². The molecule has 0 heterocycles. The normalized spacial score (nSPS) is 13.4. The molecule has 0 fully saturated rings. The Morgan fingerprint density at radius 2 is 1.04 bits per heavy atom. The fraction of sp³-hybridized carbons (Fsp3) is 0.615. The van der Waals surface area contributed by atoms with Gasteiger partial charge in [0.2, 0.25) is 0 Å². The van der Waals surface area contributed by atoms with E-state index in [1.54, 1.807) is 0 Å². The van der Waals surface area contributed by atoms with Crippen molar-refractivity contribution in [2.45, 2.75) is 104 Å². The van der Waals surface area contributed by atoms with Gasteiger partial charge in [-0.25, -0.2) is 0 Å². The summed E-state index contributed by atoms with van der Waals surface area (Å²) in [5.74, 6) is 0. The second kappa shape index (κ2) is 12.7. The number of hydrogen-bond acceptors (Lipinski definition) is 2. The molecule has 2 N–H and O–H groups in total. The number of nitrogens with one attached hydrogen (secondary N) is 2. The van der Waals surface area contributed by atoms with Crippen LogP contribution in [-0.2, 0) is 0 Å². The largest absolute Gasteiger partial charge is 0.382 e. The first-order chi connectivity index (χ1) is 13.7. The number of unbranched alkanes of at least 4 members (excludes halogenated alkanes) is 6. The average Bonchev–Trinajstić information content (AvgIpc) is 2.69. The lowest BCUT2D eigenvalue weighted by atomic mass is 10.0. The van der Waals surface area contributed by atoms with Crippen LogP contribution in [0.1, 0.15) is 91.9 Å². The fourth-order valence-corrected chi connectivity index (χ4v) is 3.99. The van der Waals surface area contributed by atoms with Crippen LogP contribution in [0.25, 0.3) is 10.8 Å². The molecular formula is C26H42N2. The molecule has 2 heteroatoms. The predicted octanol–water partition coefficient (Wildman–Crippen LogP) is 8.38. The second-order valence-electron chi connectivity index (χ2n) is 8.50. The predicted molar refractivity (Wildman–Crippen MR) is 128 cm³/mol. The molecule has 2 rings (SSSR count). The Morgan fingerprint density at radius 1 is 0.607 bits per heavy atom. The highest BCUT2D eigenvalue weighted by molar-refractivity contribution is 6.01. The van der Waals surface area contributed by atoms with Gasteiger partial charge in [0.05, 0.1) is 0 Å². The van der Waals surface area contributed by atoms with Crippen LogP contribution in [0, 0.1) is 0 Å². The standard InChI is InChI=1S/C26H42N2/c1-5-7-9-11-15-21(3)27-25-19-13-18-24-23(25)17-14-20-26(24)28-22(4)16-12-10-8-6-2/h13-14,17-22,27-28H,5-12,15-16H2,1-4H3/t21-,22+. The third-order valence-electron chi connectivity index (χ3n) is 5.71. The number of fused-ring (bicyclic) bond motifs is 1. The first-order valence-corrected chi connectivity index (χ1v) is 11.7. The van der Waals surface area contributed by atoms with Crippen LogP contribution in [-0.4, -0.2) is 12.1 Å². The van der Waals surface area contributed by atoms with Crippen molar-refractivity contribution >= 4 is 22.1 Å². The summed E-state index contributed by atoms with van der Waals surface area (Å²) in [6.45, 7) is 9.17. The molecule has 0 radical (unpaired) electrons. The van der Waals surface area contributed by atoms with Gasteiger partial charge < -0.3 is 10.6 Å². The third kappa shape index (κ3) is 7.37. The zero-order valence-electron chi connectivity index (χ0n) is 18.7. The van der Waals surface area contributed by atoms with Crippen LogP contribution >= 0.6 is 0 Å². The van der Waals surface area contributed by atoms with Gasteiger partial charge in [-0.3, -0.25) is 0 Å². The monoisotopic (exact) mass is 382 g/mol. The molecule has 0 saturated heterocycles. The number of anilines is 2. The van der Waals surface area contributed by atoms with E-state index < -0.39 is 0 Å². The van der Waals surface area contributed by atoms with Gasteiger partial charge in [-0.05, 0) is 38.8 Å². The van der Waals surface area contributed by atoms with Gasteiger partial charge in [-0.2, -0.15) is 0 Å². The highest BCUT2D eigenvalue weighted by Crippen LogP contribution is 2.30. The SMILES string of the molecule is CCCCCC[C@@H](C)Nc1cccc2c(N[C@@H](C)CCCCCC)cccc12. The van der Waals surface area contributed by atoms with Gasteiger partial charge >= 0.3 is 0 Å². The Bertz CT molecular complexity index is 620. The quantitative estimate of drug-likeness (QED) is 0.321. The first kappa shape index (κ1) is 22.6. The molecule has 2 atom stereocenters. The van der Waals surface area contributed by atoms with E-state index in [0.29, 0.717) is 12.1 Å². The van der Waals surface area contributed by atoms with Crippen molar-refractivity contribution < 1.29 is 0 Å². The number of rotatable bonds is 14. The molecule has 0 amide bonds. The Hall–Kier alpha value is -1.70. The van der Waals surface area contributed by atoms with Gasteiger partial charge in [-0.1, -0.05) is 89.5 Å². The summed E-state index contributed by atoms with van der Waals surface area (Å²) in [7, 11) is 0. The lowest BCUT2D eigenvalue weighted by molar-refractivity contribution is 0.594. The Kier molecular flexibility index (Phi) is 10.2. The van der Waals surface area contributed by atoms with Gasteiger partial charge in [0.25, 0.3) is 0 Å². The summed E-state index contributed by atoms with van der Waals surface area (Å²) < 4.78 is 0. The van der Waals surface area contributed by atoms with Crippen LogP contribution in [0.4, 0.5) is 11.4 Å². The van der Waals surface area contributed by atoms with Gasteiger partial charge in [0.1, 0.15) is 0 Å². The van der Waals surface area contributed by atoms with Crippen molar-refractivity contribution in [3.05, 3.63) is 36.4 Å². The highest BCUT2D eigenvalue weighted by atomic mass is 14.9. The van der Waals surface area contributed by atoms with E-state index >= 15 is 0 Å². The Balaban J connectivity index is 2.01. The summed E-state index contributed by atoms with van der Waals surface area (Å²) in [4.78, 5) is 0. The summed E-state index contributed by atoms with van der Waals surface area (Å²) in [6.07, 6.45) is 13.1. The zero-order chi connectivity index (χ0) is 20.2. The lowest BCUT2D eigenvalue weighted by Gasteiger charge is -2.20. The van der Waals surface area contributed by atoms with E-state index in [2.05, 4.69) is 74.7 Å². The summed E-state index contributed by atoms with van der Waals surface area (Å²) in [5.41, 5.74) is 2.53. The van der Waals surface area contributed by atoms with Crippen LogP contribution < -0.4 is 10.6 Å². The minimum absolute atomic E-state index is 0.511. The maximum absolute atomic E-state index is 3.76. The zero-order valence-corrected chi connectivity index (χ0v) is 18.7. The molecule has 0 aliphatic rings. The molecule has 0 aliphatic heterocycles. The lowest BCUT2D eigenvalue weighted by Crippen LogP contribution is -2.16. The molecule has 0 saturated carbocycles. The molecule has 2 aromatic rings. The molecule has 0 spiro atoms. The van der Waals surface area contributed by atoms with Crippen LogP contribution in [0.2, 0.25) is 0 Å². The van der Waals surface area contributed by atoms with Crippen LogP contribution in [0.5, 0.6) is 0 Å². The van der Waals surface area contributed by atoms with Gasteiger partial charge in [0, 0.05) is 34.2 Å². The molecular weight excluding hydrogens is 340 g/mol. The van der Waals surface area contributed by atoms with E-state index in [1.165, 1.54) is 86.4 Å². The smallest absolute Gasteiger partial charge is 0.0422 e. The summed E-state index contributed by atoms with van der Waals surface area (Å²) in [5, 5.41) is 10.2. The van der Waals surface area contributed by atoms with Crippen molar-refractivity contribution in [1.29, 1.82) is 0 Å². The number of benzene rings is 2. The van der Waals surface area contributed by atoms with Crippen molar-refractivity contribution in [2.75, 3.05) is 10.6 Å².